The van der Waals surface area contributed by atoms with E-state index in [9.17, 15) is 4.79 Å². The van der Waals surface area contributed by atoms with Crippen LogP contribution in [0.2, 0.25) is 0 Å². The fourth-order valence-corrected chi connectivity index (χ4v) is 3.15. The van der Waals surface area contributed by atoms with Crippen LogP contribution < -0.4 is 4.90 Å². The molecule has 0 saturated carbocycles. The summed E-state index contributed by atoms with van der Waals surface area (Å²) in [7, 11) is 1.79. The van der Waals surface area contributed by atoms with Crippen LogP contribution >= 0.6 is 11.8 Å². The van der Waals surface area contributed by atoms with E-state index in [1.54, 1.807) is 11.7 Å². The molecule has 0 saturated heterocycles. The van der Waals surface area contributed by atoms with Gasteiger partial charge in [0.1, 0.15) is 0 Å². The Labute approximate surface area is 141 Å². The van der Waals surface area contributed by atoms with Crippen molar-refractivity contribution in [3.8, 4) is 0 Å². The van der Waals surface area contributed by atoms with Crippen LogP contribution in [-0.4, -0.2) is 37.9 Å². The second-order valence-electron chi connectivity index (χ2n) is 5.83. The van der Waals surface area contributed by atoms with Crippen LogP contribution in [0.25, 0.3) is 0 Å². The second-order valence-corrected chi connectivity index (χ2v) is 6.89. The molecule has 0 unspecified atom stereocenters. The highest BCUT2D eigenvalue weighted by molar-refractivity contribution is 7.99. The highest BCUT2D eigenvalue weighted by Gasteiger charge is 2.20. The summed E-state index contributed by atoms with van der Waals surface area (Å²) >= 11 is 1.49. The number of anilines is 1. The third kappa shape index (κ3) is 4.31. The molecule has 0 radical (unpaired) electrons. The molecule has 0 aliphatic carbocycles. The summed E-state index contributed by atoms with van der Waals surface area (Å²) in [4.78, 5) is 14.6. The largest absolute Gasteiger partial charge is 0.310 e. The maximum Gasteiger partial charge on any atom is 0.228 e. The quantitative estimate of drug-likeness (QED) is 0.761. The summed E-state index contributed by atoms with van der Waals surface area (Å²) in [5.41, 5.74) is 3.27. The Morgan fingerprint density at radius 1 is 1.35 bits per heavy atom. The summed E-state index contributed by atoms with van der Waals surface area (Å²) in [6.45, 7) is 8.17. The molecule has 0 aliphatic heterocycles. The van der Waals surface area contributed by atoms with E-state index in [-0.39, 0.29) is 11.9 Å². The molecule has 6 nitrogen and oxygen atoms in total. The normalized spacial score (nSPS) is 11.0. The number of amides is 1. The first-order valence-corrected chi connectivity index (χ1v) is 8.63. The van der Waals surface area contributed by atoms with Crippen molar-refractivity contribution in [1.82, 2.24) is 20.2 Å². The topological polar surface area (TPSA) is 63.9 Å². The average molecular weight is 333 g/mol. The van der Waals surface area contributed by atoms with E-state index in [4.69, 9.17) is 0 Å². The molecule has 124 valence electrons. The van der Waals surface area contributed by atoms with Gasteiger partial charge in [0.15, 0.2) is 0 Å². The average Bonchev–Trinajstić information content (AvgIpc) is 2.88. The lowest BCUT2D eigenvalue weighted by Gasteiger charge is -2.29. The smallest absolute Gasteiger partial charge is 0.228 e. The highest BCUT2D eigenvalue weighted by Crippen LogP contribution is 2.25. The molecule has 23 heavy (non-hydrogen) atoms. The zero-order chi connectivity index (χ0) is 17.0. The van der Waals surface area contributed by atoms with E-state index in [1.165, 1.54) is 11.8 Å². The molecule has 1 heterocycles. The molecule has 2 rings (SSSR count). The number of thioether (sulfide) groups is 1. The van der Waals surface area contributed by atoms with Crippen LogP contribution in [0.3, 0.4) is 0 Å². The minimum atomic E-state index is 0.115. The lowest BCUT2D eigenvalue weighted by atomic mass is 10.1. The molecule has 7 heteroatoms. The van der Waals surface area contributed by atoms with Gasteiger partial charge in [0.05, 0.1) is 0 Å². The molecule has 0 N–H and O–H groups in total. The third-order valence-electron chi connectivity index (χ3n) is 3.54. The summed E-state index contributed by atoms with van der Waals surface area (Å²) in [6, 6.07) is 6.32. The maximum absolute atomic E-state index is 12.7. The molecule has 0 aliphatic rings. The monoisotopic (exact) mass is 333 g/mol. The number of carbonyl (C=O) groups is 1. The number of rotatable bonds is 6. The van der Waals surface area contributed by atoms with Gasteiger partial charge in [-0.05, 0) is 55.3 Å². The van der Waals surface area contributed by atoms with E-state index in [2.05, 4.69) is 33.7 Å². The number of aryl methyl sites for hydroxylation is 3. The maximum atomic E-state index is 12.7. The van der Waals surface area contributed by atoms with Crippen LogP contribution in [0.15, 0.2) is 23.4 Å². The second kappa shape index (κ2) is 7.59. The Kier molecular flexibility index (Phi) is 5.76. The SMILES string of the molecule is Cc1ccc(C)c(N(C(=O)CCSc2nnnn2C)C(C)C)c1. The molecule has 0 spiro atoms. The fourth-order valence-electron chi connectivity index (χ4n) is 2.37. The molecule has 0 bridgehead atoms. The predicted molar refractivity (Wildman–Crippen MR) is 92.7 cm³/mol. The van der Waals surface area contributed by atoms with Crippen LogP contribution in [0.5, 0.6) is 0 Å². The molecule has 0 atom stereocenters. The lowest BCUT2D eigenvalue weighted by molar-refractivity contribution is -0.118. The van der Waals surface area contributed by atoms with E-state index in [0.29, 0.717) is 12.2 Å². The van der Waals surface area contributed by atoms with Gasteiger partial charge in [0, 0.05) is 31.0 Å². The molecular formula is C16H23N5OS. The Morgan fingerprint density at radius 3 is 2.70 bits per heavy atom. The number of benzene rings is 1. The third-order valence-corrected chi connectivity index (χ3v) is 4.55. The fraction of sp³-hybridized carbons (Fsp3) is 0.500. The van der Waals surface area contributed by atoms with Crippen molar-refractivity contribution >= 4 is 23.4 Å². The Hall–Kier alpha value is -1.89. The lowest BCUT2D eigenvalue weighted by Crippen LogP contribution is -2.37. The van der Waals surface area contributed by atoms with E-state index in [0.717, 1.165) is 22.0 Å². The number of carbonyl (C=O) groups excluding carboxylic acids is 1. The highest BCUT2D eigenvalue weighted by atomic mass is 32.2. The van der Waals surface area contributed by atoms with Crippen molar-refractivity contribution < 1.29 is 4.79 Å². The molecule has 1 aromatic heterocycles. The van der Waals surface area contributed by atoms with Crippen molar-refractivity contribution in [3.63, 3.8) is 0 Å². The first-order chi connectivity index (χ1) is 10.9. The van der Waals surface area contributed by atoms with Crippen LogP contribution in [0.1, 0.15) is 31.4 Å². The molecule has 2 aromatic rings. The number of hydrogen-bond acceptors (Lipinski definition) is 5. The summed E-state index contributed by atoms with van der Waals surface area (Å²) in [6.07, 6.45) is 0.448. The molecular weight excluding hydrogens is 310 g/mol. The summed E-state index contributed by atoms with van der Waals surface area (Å²) in [5.74, 6) is 0.775. The van der Waals surface area contributed by atoms with Gasteiger partial charge in [-0.25, -0.2) is 4.68 Å². The Bertz CT molecular complexity index is 683. The minimum absolute atomic E-state index is 0.115. The molecule has 1 aromatic carbocycles. The predicted octanol–water partition coefficient (Wildman–Crippen LogP) is 2.75. The van der Waals surface area contributed by atoms with Gasteiger partial charge >= 0.3 is 0 Å². The zero-order valence-electron chi connectivity index (χ0n) is 14.3. The zero-order valence-corrected chi connectivity index (χ0v) is 15.1. The van der Waals surface area contributed by atoms with Crippen molar-refractivity contribution in [3.05, 3.63) is 29.3 Å². The van der Waals surface area contributed by atoms with Gasteiger partial charge in [-0.3, -0.25) is 4.79 Å². The standard InChI is InChI=1S/C16H23N5OS/c1-11(2)21(14-10-12(3)6-7-13(14)4)15(22)8-9-23-16-17-18-19-20(16)5/h6-7,10-11H,8-9H2,1-5H3. The van der Waals surface area contributed by atoms with Crippen molar-refractivity contribution in [2.24, 2.45) is 7.05 Å². The van der Waals surface area contributed by atoms with Crippen LogP contribution in [0, 0.1) is 13.8 Å². The molecule has 1 amide bonds. The number of nitrogens with zero attached hydrogens (tertiary/aromatic N) is 5. The van der Waals surface area contributed by atoms with Gasteiger partial charge in [0.2, 0.25) is 11.1 Å². The van der Waals surface area contributed by atoms with Crippen LogP contribution in [-0.2, 0) is 11.8 Å². The van der Waals surface area contributed by atoms with E-state index < -0.39 is 0 Å². The first kappa shape index (κ1) is 17.5. The van der Waals surface area contributed by atoms with Gasteiger partial charge in [-0.15, -0.1) is 5.10 Å². The van der Waals surface area contributed by atoms with Gasteiger partial charge in [0.25, 0.3) is 0 Å². The number of aromatic nitrogens is 4. The van der Waals surface area contributed by atoms with Crippen molar-refractivity contribution in [2.45, 2.75) is 45.3 Å². The minimum Gasteiger partial charge on any atom is -0.310 e. The van der Waals surface area contributed by atoms with E-state index in [1.807, 2.05) is 32.6 Å². The summed E-state index contributed by atoms with van der Waals surface area (Å²) in [5, 5.41) is 12.0. The Balaban J connectivity index is 2.07. The van der Waals surface area contributed by atoms with Crippen molar-refractivity contribution in [1.29, 1.82) is 0 Å². The number of tetrazole rings is 1. The van der Waals surface area contributed by atoms with Gasteiger partial charge in [-0.2, -0.15) is 0 Å². The van der Waals surface area contributed by atoms with E-state index >= 15 is 0 Å². The van der Waals surface area contributed by atoms with Gasteiger partial charge in [-0.1, -0.05) is 23.9 Å². The Morgan fingerprint density at radius 2 is 2.09 bits per heavy atom. The molecule has 0 fully saturated rings. The van der Waals surface area contributed by atoms with Crippen LogP contribution in [0.4, 0.5) is 5.69 Å². The first-order valence-electron chi connectivity index (χ1n) is 7.64. The van der Waals surface area contributed by atoms with Crippen molar-refractivity contribution in [2.75, 3.05) is 10.7 Å². The summed E-state index contributed by atoms with van der Waals surface area (Å²) < 4.78 is 1.61. The number of hydrogen-bond donors (Lipinski definition) is 0. The van der Waals surface area contributed by atoms with Gasteiger partial charge < -0.3 is 4.90 Å².